The minimum absolute atomic E-state index is 0.252. The molecular formula is C17H22BrNO2. The molecule has 1 unspecified atom stereocenters. The first-order chi connectivity index (χ1) is 10.0. The molecule has 1 aliphatic heterocycles. The summed E-state index contributed by atoms with van der Waals surface area (Å²) in [5.41, 5.74) is 2.87. The Morgan fingerprint density at radius 3 is 2.90 bits per heavy atom. The van der Waals surface area contributed by atoms with Gasteiger partial charge in [0.25, 0.3) is 0 Å². The van der Waals surface area contributed by atoms with Crippen LogP contribution in [0.1, 0.15) is 39.2 Å². The van der Waals surface area contributed by atoms with Crippen molar-refractivity contribution < 1.29 is 9.53 Å². The second-order valence-electron chi connectivity index (χ2n) is 5.44. The number of benzene rings is 1. The van der Waals surface area contributed by atoms with Crippen molar-refractivity contribution in [1.82, 2.24) is 0 Å². The smallest absolute Gasteiger partial charge is 0.333 e. The van der Waals surface area contributed by atoms with Crippen molar-refractivity contribution in [2.45, 2.75) is 39.7 Å². The molecule has 1 atom stereocenters. The summed E-state index contributed by atoms with van der Waals surface area (Å²) >= 11 is 3.51. The molecule has 0 aromatic heterocycles. The highest BCUT2D eigenvalue weighted by Gasteiger charge is 2.22. The van der Waals surface area contributed by atoms with E-state index in [1.54, 1.807) is 6.92 Å². The van der Waals surface area contributed by atoms with Crippen molar-refractivity contribution in [1.29, 1.82) is 0 Å². The Morgan fingerprint density at radius 2 is 2.29 bits per heavy atom. The predicted molar refractivity (Wildman–Crippen MR) is 90.5 cm³/mol. The summed E-state index contributed by atoms with van der Waals surface area (Å²) in [5, 5.41) is 0. The standard InChI is InChI=1S/C17H22BrNO2/c1-4-21-17(20)12(2)10-14-11-15(18)7-8-16(14)19-9-5-6-13(19)3/h7-8,10-11,13H,4-6,9H2,1-3H3. The van der Waals surface area contributed by atoms with Crippen LogP contribution < -0.4 is 4.90 Å². The summed E-state index contributed by atoms with van der Waals surface area (Å²) in [7, 11) is 0. The molecule has 3 nitrogen and oxygen atoms in total. The van der Waals surface area contributed by atoms with Gasteiger partial charge in [-0.3, -0.25) is 0 Å². The first-order valence-corrected chi connectivity index (χ1v) is 8.24. The van der Waals surface area contributed by atoms with Gasteiger partial charge in [0, 0.05) is 28.3 Å². The summed E-state index contributed by atoms with van der Waals surface area (Å²) in [6.07, 6.45) is 4.36. The predicted octanol–water partition coefficient (Wildman–Crippen LogP) is 4.40. The van der Waals surface area contributed by atoms with Gasteiger partial charge >= 0.3 is 5.97 Å². The van der Waals surface area contributed by atoms with Crippen molar-refractivity contribution >= 4 is 33.7 Å². The maximum absolute atomic E-state index is 11.8. The molecule has 0 radical (unpaired) electrons. The zero-order chi connectivity index (χ0) is 15.4. The Hall–Kier alpha value is -1.29. The average Bonchev–Trinajstić information content (AvgIpc) is 2.85. The van der Waals surface area contributed by atoms with E-state index in [1.807, 2.05) is 13.0 Å². The highest BCUT2D eigenvalue weighted by atomic mass is 79.9. The number of hydrogen-bond acceptors (Lipinski definition) is 3. The van der Waals surface area contributed by atoms with Gasteiger partial charge in [0.2, 0.25) is 0 Å². The van der Waals surface area contributed by atoms with Gasteiger partial charge < -0.3 is 9.64 Å². The molecular weight excluding hydrogens is 330 g/mol. The van der Waals surface area contributed by atoms with Crippen LogP contribution >= 0.6 is 15.9 Å². The van der Waals surface area contributed by atoms with Crippen molar-refractivity contribution in [2.24, 2.45) is 0 Å². The third kappa shape index (κ3) is 3.88. The van der Waals surface area contributed by atoms with E-state index in [1.165, 1.54) is 18.5 Å². The number of hydrogen-bond donors (Lipinski definition) is 0. The van der Waals surface area contributed by atoms with Crippen LogP contribution in [0.4, 0.5) is 5.69 Å². The molecule has 1 saturated heterocycles. The lowest BCUT2D eigenvalue weighted by atomic mass is 10.1. The first-order valence-electron chi connectivity index (χ1n) is 7.44. The van der Waals surface area contributed by atoms with Gasteiger partial charge in [0.05, 0.1) is 6.61 Å². The number of esters is 1. The monoisotopic (exact) mass is 351 g/mol. The Bertz CT molecular complexity index is 554. The summed E-state index contributed by atoms with van der Waals surface area (Å²) in [6.45, 7) is 7.35. The Balaban J connectivity index is 2.35. The van der Waals surface area contributed by atoms with E-state index in [-0.39, 0.29) is 5.97 Å². The van der Waals surface area contributed by atoms with Gasteiger partial charge in [-0.2, -0.15) is 0 Å². The van der Waals surface area contributed by atoms with Crippen LogP contribution in [0.25, 0.3) is 6.08 Å². The molecule has 0 spiro atoms. The van der Waals surface area contributed by atoms with E-state index in [0.29, 0.717) is 18.2 Å². The first kappa shape index (κ1) is 16.1. The summed E-state index contributed by atoms with van der Waals surface area (Å²) in [5.74, 6) is -0.252. The molecule has 0 aliphatic carbocycles. The quantitative estimate of drug-likeness (QED) is 0.594. The van der Waals surface area contributed by atoms with Gasteiger partial charge in [-0.1, -0.05) is 15.9 Å². The van der Waals surface area contributed by atoms with E-state index < -0.39 is 0 Å². The van der Waals surface area contributed by atoms with Crippen molar-refractivity contribution in [2.75, 3.05) is 18.1 Å². The van der Waals surface area contributed by atoms with Crippen LogP contribution in [0.15, 0.2) is 28.2 Å². The highest BCUT2D eigenvalue weighted by molar-refractivity contribution is 9.10. The number of carbonyl (C=O) groups is 1. The Morgan fingerprint density at radius 1 is 1.52 bits per heavy atom. The van der Waals surface area contributed by atoms with Gasteiger partial charge in [-0.15, -0.1) is 0 Å². The summed E-state index contributed by atoms with van der Waals surface area (Å²) in [4.78, 5) is 14.2. The maximum atomic E-state index is 11.8. The molecule has 1 aliphatic rings. The number of carbonyl (C=O) groups excluding carboxylic acids is 1. The lowest BCUT2D eigenvalue weighted by molar-refractivity contribution is -0.138. The lowest BCUT2D eigenvalue weighted by Crippen LogP contribution is -2.26. The van der Waals surface area contributed by atoms with Crippen LogP contribution in [0.2, 0.25) is 0 Å². The van der Waals surface area contributed by atoms with Crippen LogP contribution in [-0.2, 0) is 9.53 Å². The molecule has 114 valence electrons. The normalized spacial score (nSPS) is 19.0. The molecule has 1 aromatic rings. The number of rotatable bonds is 4. The second-order valence-corrected chi connectivity index (χ2v) is 6.35. The van der Waals surface area contributed by atoms with Crippen molar-refractivity contribution in [3.05, 3.63) is 33.8 Å². The van der Waals surface area contributed by atoms with E-state index >= 15 is 0 Å². The van der Waals surface area contributed by atoms with Crippen LogP contribution in [-0.4, -0.2) is 25.2 Å². The fourth-order valence-electron chi connectivity index (χ4n) is 2.73. The molecule has 2 rings (SSSR count). The molecule has 4 heteroatoms. The number of anilines is 1. The molecule has 1 aromatic carbocycles. The largest absolute Gasteiger partial charge is 0.463 e. The van der Waals surface area contributed by atoms with Gasteiger partial charge in [0.1, 0.15) is 0 Å². The lowest BCUT2D eigenvalue weighted by Gasteiger charge is -2.26. The maximum Gasteiger partial charge on any atom is 0.333 e. The van der Waals surface area contributed by atoms with E-state index in [9.17, 15) is 4.79 Å². The Labute approximate surface area is 135 Å². The summed E-state index contributed by atoms with van der Waals surface area (Å²) < 4.78 is 6.07. The molecule has 1 fully saturated rings. The van der Waals surface area contributed by atoms with Crippen molar-refractivity contribution in [3.8, 4) is 0 Å². The number of nitrogens with zero attached hydrogens (tertiary/aromatic N) is 1. The van der Waals surface area contributed by atoms with Gasteiger partial charge in [0.15, 0.2) is 0 Å². The fourth-order valence-corrected chi connectivity index (χ4v) is 3.11. The van der Waals surface area contributed by atoms with Gasteiger partial charge in [-0.25, -0.2) is 4.79 Å². The molecule has 21 heavy (non-hydrogen) atoms. The molecule has 0 N–H and O–H groups in total. The fraction of sp³-hybridized carbons (Fsp3) is 0.471. The van der Waals surface area contributed by atoms with Crippen LogP contribution in [0.5, 0.6) is 0 Å². The molecule has 1 heterocycles. The van der Waals surface area contributed by atoms with E-state index in [4.69, 9.17) is 4.74 Å². The number of halogens is 1. The molecule has 0 saturated carbocycles. The third-order valence-electron chi connectivity index (χ3n) is 3.82. The second kappa shape index (κ2) is 7.12. The SMILES string of the molecule is CCOC(=O)C(C)=Cc1cc(Br)ccc1N1CCCC1C. The zero-order valence-corrected chi connectivity index (χ0v) is 14.4. The zero-order valence-electron chi connectivity index (χ0n) is 12.9. The van der Waals surface area contributed by atoms with E-state index in [0.717, 1.165) is 16.6 Å². The molecule has 0 bridgehead atoms. The van der Waals surface area contributed by atoms with Gasteiger partial charge in [-0.05, 0) is 63.5 Å². The average molecular weight is 352 g/mol. The van der Waals surface area contributed by atoms with E-state index in [2.05, 4.69) is 46.0 Å². The number of ether oxygens (including phenoxy) is 1. The topological polar surface area (TPSA) is 29.5 Å². The van der Waals surface area contributed by atoms with Crippen LogP contribution in [0.3, 0.4) is 0 Å². The molecule has 0 amide bonds. The highest BCUT2D eigenvalue weighted by Crippen LogP contribution is 2.32. The summed E-state index contributed by atoms with van der Waals surface area (Å²) in [6, 6.07) is 6.78. The van der Waals surface area contributed by atoms with Crippen molar-refractivity contribution in [3.63, 3.8) is 0 Å². The van der Waals surface area contributed by atoms with Crippen LogP contribution in [0, 0.1) is 0 Å². The third-order valence-corrected chi connectivity index (χ3v) is 4.31. The minimum Gasteiger partial charge on any atom is -0.463 e. The Kier molecular flexibility index (Phi) is 5.45. The minimum atomic E-state index is -0.252.